The van der Waals surface area contributed by atoms with E-state index < -0.39 is 5.97 Å². The first-order valence-electron chi connectivity index (χ1n) is 5.72. The molecular formula is C13H23NO5. The molecule has 0 radical (unpaired) electrons. The minimum atomic E-state index is -0.455. The van der Waals surface area contributed by atoms with Crippen LogP contribution in [0, 0.1) is 0 Å². The Morgan fingerprint density at radius 3 is 2.21 bits per heavy atom. The fraction of sp³-hybridized carbons (Fsp3) is 0.538. The van der Waals surface area contributed by atoms with Gasteiger partial charge in [0.05, 0.1) is 6.61 Å². The maximum absolute atomic E-state index is 10.5. The molecule has 6 nitrogen and oxygen atoms in total. The molecule has 0 aromatic carbocycles. The first kappa shape index (κ1) is 19.7. The summed E-state index contributed by atoms with van der Waals surface area (Å²) in [5.74, 6) is -0.814. The number of rotatable bonds is 7. The van der Waals surface area contributed by atoms with Gasteiger partial charge in [0.15, 0.2) is 0 Å². The van der Waals surface area contributed by atoms with Gasteiger partial charge < -0.3 is 19.5 Å². The van der Waals surface area contributed by atoms with Crippen molar-refractivity contribution in [3.05, 3.63) is 24.8 Å². The highest BCUT2D eigenvalue weighted by Crippen LogP contribution is 1.89. The quantitative estimate of drug-likeness (QED) is 0.533. The number of esters is 2. The largest absolute Gasteiger partial charge is 0.461 e. The van der Waals surface area contributed by atoms with Gasteiger partial charge in [-0.05, 0) is 21.0 Å². The zero-order chi connectivity index (χ0) is 15.3. The molecule has 0 saturated heterocycles. The second-order valence-electron chi connectivity index (χ2n) is 3.81. The molecule has 0 bridgehead atoms. The number of hydrogen-bond donors (Lipinski definition) is 1. The molecule has 0 aliphatic carbocycles. The Balaban J connectivity index is 0. The molecule has 0 atom stereocenters. The van der Waals surface area contributed by atoms with Gasteiger partial charge in [0, 0.05) is 18.2 Å². The molecule has 0 aliphatic rings. The third kappa shape index (κ3) is 16.3. The lowest BCUT2D eigenvalue weighted by Crippen LogP contribution is -2.19. The minimum absolute atomic E-state index is 0.0473. The zero-order valence-corrected chi connectivity index (χ0v) is 11.8. The predicted octanol–water partition coefficient (Wildman–Crippen LogP) is 0.375. The van der Waals surface area contributed by atoms with Gasteiger partial charge in [-0.3, -0.25) is 0 Å². The minimum Gasteiger partial charge on any atom is -0.461 e. The highest BCUT2D eigenvalue weighted by molar-refractivity contribution is 5.86. The number of aliphatic hydroxyl groups is 1. The number of hydrogen-bond acceptors (Lipinski definition) is 6. The monoisotopic (exact) mass is 273 g/mol. The topological polar surface area (TPSA) is 76.1 Å². The van der Waals surface area contributed by atoms with Gasteiger partial charge in [-0.15, -0.1) is 0 Å². The number of carbonyl (C=O) groups is 2. The second-order valence-corrected chi connectivity index (χ2v) is 3.81. The molecule has 1 N–H and O–H groups in total. The van der Waals surface area contributed by atoms with Crippen molar-refractivity contribution >= 4 is 11.9 Å². The van der Waals surface area contributed by atoms with Crippen LogP contribution < -0.4 is 0 Å². The van der Waals surface area contributed by atoms with Crippen LogP contribution >= 0.6 is 0 Å². The van der Waals surface area contributed by atoms with Crippen LogP contribution in [-0.2, 0) is 19.1 Å². The van der Waals surface area contributed by atoms with Gasteiger partial charge in [-0.2, -0.15) is 0 Å². The van der Waals surface area contributed by atoms with E-state index in [0.717, 1.165) is 12.6 Å². The molecular weight excluding hydrogens is 250 g/mol. The van der Waals surface area contributed by atoms with E-state index in [4.69, 9.17) is 9.84 Å². The van der Waals surface area contributed by atoms with Crippen molar-refractivity contribution in [2.24, 2.45) is 0 Å². The van der Waals surface area contributed by atoms with E-state index in [1.165, 1.54) is 0 Å². The Morgan fingerprint density at radius 1 is 1.26 bits per heavy atom. The summed E-state index contributed by atoms with van der Waals surface area (Å²) in [7, 11) is 3.84. The Morgan fingerprint density at radius 2 is 1.84 bits per heavy atom. The van der Waals surface area contributed by atoms with Gasteiger partial charge >= 0.3 is 11.9 Å². The van der Waals surface area contributed by atoms with Gasteiger partial charge in [0.1, 0.15) is 13.2 Å². The van der Waals surface area contributed by atoms with Gasteiger partial charge in [-0.25, -0.2) is 9.59 Å². The van der Waals surface area contributed by atoms with Gasteiger partial charge in [0.25, 0.3) is 0 Å². The molecule has 0 saturated carbocycles. The molecule has 0 fully saturated rings. The van der Waals surface area contributed by atoms with Crippen molar-refractivity contribution in [3.63, 3.8) is 0 Å². The maximum Gasteiger partial charge on any atom is 0.333 e. The van der Waals surface area contributed by atoms with Gasteiger partial charge in [0.2, 0.25) is 0 Å². The highest BCUT2D eigenvalue weighted by Gasteiger charge is 1.99. The summed E-state index contributed by atoms with van der Waals surface area (Å²) in [6.07, 6.45) is 1.16. The van der Waals surface area contributed by atoms with Crippen LogP contribution in [0.15, 0.2) is 24.8 Å². The fourth-order valence-corrected chi connectivity index (χ4v) is 0.649. The first-order valence-corrected chi connectivity index (χ1v) is 5.72. The van der Waals surface area contributed by atoms with Crippen LogP contribution in [0.5, 0.6) is 0 Å². The van der Waals surface area contributed by atoms with E-state index in [2.05, 4.69) is 17.9 Å². The van der Waals surface area contributed by atoms with E-state index in [-0.39, 0.29) is 19.2 Å². The fourth-order valence-electron chi connectivity index (χ4n) is 0.649. The smallest absolute Gasteiger partial charge is 0.333 e. The zero-order valence-electron chi connectivity index (χ0n) is 11.8. The van der Waals surface area contributed by atoms with Crippen molar-refractivity contribution in [2.45, 2.75) is 6.92 Å². The van der Waals surface area contributed by atoms with Crippen molar-refractivity contribution in [3.8, 4) is 0 Å². The number of ether oxygens (including phenoxy) is 2. The van der Waals surface area contributed by atoms with Crippen LogP contribution in [0.25, 0.3) is 0 Å². The standard InChI is InChI=1S/C7H13NO2.C6H10O3/c1-4-7(9)10-6-5-8(2)3;1-5(2)6(8)9-4-3-7/h4H,1,5-6H2,2-3H3;7H,1,3-4H2,2H3. The van der Waals surface area contributed by atoms with E-state index in [9.17, 15) is 9.59 Å². The summed E-state index contributed by atoms with van der Waals surface area (Å²) >= 11 is 0. The lowest BCUT2D eigenvalue weighted by Gasteiger charge is -2.07. The molecule has 0 aromatic heterocycles. The third-order valence-corrected chi connectivity index (χ3v) is 1.62. The number of nitrogens with zero attached hydrogens (tertiary/aromatic N) is 1. The van der Waals surface area contributed by atoms with Crippen LogP contribution in [0.1, 0.15) is 6.92 Å². The number of likely N-dealkylation sites (N-methyl/N-ethyl adjacent to an activating group) is 1. The molecule has 0 rings (SSSR count). The van der Waals surface area contributed by atoms with E-state index in [1.54, 1.807) is 6.92 Å². The summed E-state index contributed by atoms with van der Waals surface area (Å²) in [4.78, 5) is 22.8. The molecule has 0 amide bonds. The van der Waals surface area contributed by atoms with Crippen LogP contribution in [0.4, 0.5) is 0 Å². The first-order chi connectivity index (χ1) is 8.84. The van der Waals surface area contributed by atoms with Gasteiger partial charge in [-0.1, -0.05) is 13.2 Å². The second kappa shape index (κ2) is 12.8. The summed E-state index contributed by atoms with van der Waals surface area (Å²) in [5.41, 5.74) is 0.350. The van der Waals surface area contributed by atoms with Crippen LogP contribution in [0.2, 0.25) is 0 Å². The lowest BCUT2D eigenvalue weighted by molar-refractivity contribution is -0.140. The van der Waals surface area contributed by atoms with Crippen molar-refractivity contribution < 1.29 is 24.2 Å². The summed E-state index contributed by atoms with van der Waals surface area (Å²) in [6, 6.07) is 0. The molecule has 0 spiro atoms. The van der Waals surface area contributed by atoms with Crippen molar-refractivity contribution in [1.82, 2.24) is 4.90 Å². The summed E-state index contributed by atoms with van der Waals surface area (Å²) < 4.78 is 9.17. The Hall–Kier alpha value is -1.66. The number of aliphatic hydroxyl groups excluding tert-OH is 1. The molecule has 110 valence electrons. The van der Waals surface area contributed by atoms with E-state index in [1.807, 2.05) is 19.0 Å². The van der Waals surface area contributed by atoms with Crippen LogP contribution in [0.3, 0.4) is 0 Å². The SMILES string of the molecule is C=C(C)C(=O)OCCO.C=CC(=O)OCCN(C)C. The molecule has 6 heteroatoms. The van der Waals surface area contributed by atoms with E-state index in [0.29, 0.717) is 12.2 Å². The average molecular weight is 273 g/mol. The lowest BCUT2D eigenvalue weighted by atomic mass is 10.4. The van der Waals surface area contributed by atoms with Crippen LogP contribution in [-0.4, -0.2) is 62.4 Å². The molecule has 19 heavy (non-hydrogen) atoms. The normalized spacial score (nSPS) is 9.11. The Bertz CT molecular complexity index is 299. The third-order valence-electron chi connectivity index (χ3n) is 1.62. The molecule has 0 unspecified atom stereocenters. The maximum atomic E-state index is 10.5. The van der Waals surface area contributed by atoms with Crippen molar-refractivity contribution in [2.75, 3.05) is 40.5 Å². The average Bonchev–Trinajstić information content (AvgIpc) is 2.35. The summed E-state index contributed by atoms with van der Waals surface area (Å²) in [6.45, 7) is 9.26. The molecule has 0 aliphatic heterocycles. The number of carbonyl (C=O) groups excluding carboxylic acids is 2. The predicted molar refractivity (Wildman–Crippen MR) is 72.6 cm³/mol. The van der Waals surface area contributed by atoms with Crippen molar-refractivity contribution in [1.29, 1.82) is 0 Å². The summed E-state index contributed by atoms with van der Waals surface area (Å²) in [5, 5.41) is 8.19. The Labute approximate surface area is 114 Å². The molecule has 0 aromatic rings. The molecule has 0 heterocycles. The highest BCUT2D eigenvalue weighted by atomic mass is 16.5. The van der Waals surface area contributed by atoms with E-state index >= 15 is 0 Å². The Kier molecular flexibility index (Phi) is 13.2.